The molecule has 0 radical (unpaired) electrons. The molecular formula is C13H18N4O3. The lowest BCUT2D eigenvalue weighted by atomic mass is 9.84. The largest absolute Gasteiger partial charge is 0.369 e. The third-order valence-corrected chi connectivity index (χ3v) is 3.65. The average Bonchev–Trinajstić information content (AvgIpc) is 2.41. The maximum atomic E-state index is 11.5. The quantitative estimate of drug-likeness (QED) is 0.643. The summed E-state index contributed by atoms with van der Waals surface area (Å²) in [6.45, 7) is 1.75. The zero-order chi connectivity index (χ0) is 14.7. The lowest BCUT2D eigenvalue weighted by Crippen LogP contribution is -2.40. The smallest absolute Gasteiger partial charge is 0.311 e. The van der Waals surface area contributed by atoms with E-state index in [-0.39, 0.29) is 29.4 Å². The first kappa shape index (κ1) is 14.2. The van der Waals surface area contributed by atoms with Gasteiger partial charge in [0.25, 0.3) is 0 Å². The van der Waals surface area contributed by atoms with Crippen LogP contribution in [0.2, 0.25) is 0 Å². The second-order valence-electron chi connectivity index (χ2n) is 5.18. The van der Waals surface area contributed by atoms with Crippen molar-refractivity contribution in [3.63, 3.8) is 0 Å². The van der Waals surface area contributed by atoms with Gasteiger partial charge in [0.15, 0.2) is 0 Å². The molecule has 1 aromatic heterocycles. The Hall–Kier alpha value is -2.18. The van der Waals surface area contributed by atoms with Crippen LogP contribution in [0.4, 0.5) is 11.5 Å². The number of nitrogens with one attached hydrogen (secondary N) is 1. The first-order chi connectivity index (χ1) is 9.49. The van der Waals surface area contributed by atoms with Crippen molar-refractivity contribution in [2.45, 2.75) is 38.6 Å². The summed E-state index contributed by atoms with van der Waals surface area (Å²) < 4.78 is 0. The molecule has 7 nitrogen and oxygen atoms in total. The number of primary amides is 1. The molecule has 108 valence electrons. The lowest BCUT2D eigenvalue weighted by Gasteiger charge is -2.30. The predicted molar refractivity (Wildman–Crippen MR) is 74.2 cm³/mol. The highest BCUT2D eigenvalue weighted by molar-refractivity contribution is 5.78. The van der Waals surface area contributed by atoms with E-state index < -0.39 is 4.92 Å². The highest BCUT2D eigenvalue weighted by Gasteiger charge is 2.31. The Kier molecular flexibility index (Phi) is 4.16. The Morgan fingerprint density at radius 1 is 1.50 bits per heavy atom. The SMILES string of the molecule is Cc1cnc(N[C@@H]2CCCC[C@@H]2C(N)=O)c([N+](=O)[O-])c1. The topological polar surface area (TPSA) is 111 Å². The standard InChI is InChI=1S/C13H18N4O3/c1-8-6-11(17(19)20)13(15-7-8)16-10-5-3-2-4-9(10)12(14)18/h6-7,9-10H,2-5H2,1H3,(H2,14,18)(H,15,16)/t9-,10+/m0/s1. The van der Waals surface area contributed by atoms with Gasteiger partial charge in [0.05, 0.1) is 10.8 Å². The van der Waals surface area contributed by atoms with E-state index in [0.717, 1.165) is 24.8 Å². The molecule has 1 aliphatic carbocycles. The van der Waals surface area contributed by atoms with Crippen molar-refractivity contribution in [3.05, 3.63) is 27.9 Å². The van der Waals surface area contributed by atoms with Crippen LogP contribution in [0, 0.1) is 23.0 Å². The Labute approximate surface area is 116 Å². The third-order valence-electron chi connectivity index (χ3n) is 3.65. The van der Waals surface area contributed by atoms with E-state index >= 15 is 0 Å². The van der Waals surface area contributed by atoms with E-state index in [1.54, 1.807) is 13.1 Å². The molecule has 7 heteroatoms. The van der Waals surface area contributed by atoms with E-state index in [1.165, 1.54) is 6.07 Å². The number of nitrogens with zero attached hydrogens (tertiary/aromatic N) is 2. The summed E-state index contributed by atoms with van der Waals surface area (Å²) in [7, 11) is 0. The number of hydrogen-bond donors (Lipinski definition) is 2. The van der Waals surface area contributed by atoms with Gasteiger partial charge in [-0.2, -0.15) is 0 Å². The number of carbonyl (C=O) groups excluding carboxylic acids is 1. The number of aromatic nitrogens is 1. The second kappa shape index (κ2) is 5.85. The normalized spacial score (nSPS) is 22.2. The molecule has 1 aromatic rings. The van der Waals surface area contributed by atoms with Gasteiger partial charge in [0, 0.05) is 18.3 Å². The number of hydrogen-bond acceptors (Lipinski definition) is 5. The van der Waals surface area contributed by atoms with Gasteiger partial charge < -0.3 is 11.1 Å². The minimum atomic E-state index is -0.468. The van der Waals surface area contributed by atoms with Gasteiger partial charge >= 0.3 is 5.69 Å². The van der Waals surface area contributed by atoms with Crippen LogP contribution in [0.5, 0.6) is 0 Å². The highest BCUT2D eigenvalue weighted by Crippen LogP contribution is 2.30. The van der Waals surface area contributed by atoms with Gasteiger partial charge in [-0.05, 0) is 25.3 Å². The molecule has 1 fully saturated rings. The van der Waals surface area contributed by atoms with Gasteiger partial charge in [0.2, 0.25) is 11.7 Å². The van der Waals surface area contributed by atoms with Crippen LogP contribution in [0.15, 0.2) is 12.3 Å². The molecular weight excluding hydrogens is 260 g/mol. The minimum absolute atomic E-state index is 0.0706. The van der Waals surface area contributed by atoms with Crippen molar-refractivity contribution in [3.8, 4) is 0 Å². The van der Waals surface area contributed by atoms with E-state index in [4.69, 9.17) is 5.73 Å². The number of nitrogens with two attached hydrogens (primary N) is 1. The van der Waals surface area contributed by atoms with Gasteiger partial charge in [-0.15, -0.1) is 0 Å². The summed E-state index contributed by atoms with van der Waals surface area (Å²) in [4.78, 5) is 26.1. The maximum absolute atomic E-state index is 11.5. The predicted octanol–water partition coefficient (Wildman–Crippen LogP) is 1.75. The van der Waals surface area contributed by atoms with Crippen LogP contribution < -0.4 is 11.1 Å². The molecule has 1 aliphatic rings. The molecule has 0 saturated heterocycles. The van der Waals surface area contributed by atoms with Crippen LogP contribution in [0.25, 0.3) is 0 Å². The summed E-state index contributed by atoms with van der Waals surface area (Å²) in [5, 5.41) is 14.1. The summed E-state index contributed by atoms with van der Waals surface area (Å²) in [6, 6.07) is 1.28. The molecule has 1 saturated carbocycles. The number of pyridine rings is 1. The van der Waals surface area contributed by atoms with Crippen LogP contribution in [0.1, 0.15) is 31.2 Å². The molecule has 0 aliphatic heterocycles. The fourth-order valence-corrected chi connectivity index (χ4v) is 2.62. The number of rotatable bonds is 4. The molecule has 20 heavy (non-hydrogen) atoms. The summed E-state index contributed by atoms with van der Waals surface area (Å²) >= 11 is 0. The Morgan fingerprint density at radius 2 is 2.20 bits per heavy atom. The number of aryl methyl sites for hydroxylation is 1. The number of nitro groups is 1. The third kappa shape index (κ3) is 3.04. The zero-order valence-electron chi connectivity index (χ0n) is 11.3. The van der Waals surface area contributed by atoms with Crippen molar-refractivity contribution in [1.82, 2.24) is 4.98 Å². The fourth-order valence-electron chi connectivity index (χ4n) is 2.62. The van der Waals surface area contributed by atoms with Crippen molar-refractivity contribution in [2.24, 2.45) is 11.7 Å². The summed E-state index contributed by atoms with van der Waals surface area (Å²) in [5.41, 5.74) is 6.05. The number of amides is 1. The van der Waals surface area contributed by atoms with Gasteiger partial charge in [0.1, 0.15) is 0 Å². The monoisotopic (exact) mass is 278 g/mol. The minimum Gasteiger partial charge on any atom is -0.369 e. The number of anilines is 1. The van der Waals surface area contributed by atoms with Gasteiger partial charge in [-0.1, -0.05) is 12.8 Å². The Bertz CT molecular complexity index is 532. The van der Waals surface area contributed by atoms with E-state index in [2.05, 4.69) is 10.3 Å². The first-order valence-corrected chi connectivity index (χ1v) is 6.66. The second-order valence-corrected chi connectivity index (χ2v) is 5.18. The maximum Gasteiger partial charge on any atom is 0.311 e. The van der Waals surface area contributed by atoms with Crippen LogP contribution in [-0.4, -0.2) is 21.9 Å². The molecule has 0 unspecified atom stereocenters. The molecule has 0 aromatic carbocycles. The zero-order valence-corrected chi connectivity index (χ0v) is 11.3. The lowest BCUT2D eigenvalue weighted by molar-refractivity contribution is -0.384. The van der Waals surface area contributed by atoms with E-state index in [9.17, 15) is 14.9 Å². The summed E-state index contributed by atoms with van der Waals surface area (Å²) in [5.74, 6) is -0.456. The molecule has 2 rings (SSSR count). The first-order valence-electron chi connectivity index (χ1n) is 6.66. The Morgan fingerprint density at radius 3 is 2.85 bits per heavy atom. The molecule has 1 amide bonds. The van der Waals surface area contributed by atoms with E-state index in [1.807, 2.05) is 0 Å². The fraction of sp³-hybridized carbons (Fsp3) is 0.538. The summed E-state index contributed by atoms with van der Waals surface area (Å²) in [6.07, 6.45) is 4.97. The van der Waals surface area contributed by atoms with Gasteiger partial charge in [-0.3, -0.25) is 14.9 Å². The van der Waals surface area contributed by atoms with Crippen molar-refractivity contribution in [1.29, 1.82) is 0 Å². The van der Waals surface area contributed by atoms with Crippen LogP contribution in [-0.2, 0) is 4.79 Å². The van der Waals surface area contributed by atoms with E-state index in [0.29, 0.717) is 6.42 Å². The Balaban J connectivity index is 2.24. The molecule has 2 atom stereocenters. The molecule has 0 spiro atoms. The molecule has 1 heterocycles. The van der Waals surface area contributed by atoms with Gasteiger partial charge in [-0.25, -0.2) is 4.98 Å². The average molecular weight is 278 g/mol. The molecule has 3 N–H and O–H groups in total. The number of carbonyl (C=O) groups is 1. The van der Waals surface area contributed by atoms with Crippen molar-refractivity contribution in [2.75, 3.05) is 5.32 Å². The van der Waals surface area contributed by atoms with Crippen LogP contribution in [0.3, 0.4) is 0 Å². The van der Waals surface area contributed by atoms with Crippen LogP contribution >= 0.6 is 0 Å². The molecule has 0 bridgehead atoms. The van der Waals surface area contributed by atoms with Crippen molar-refractivity contribution < 1.29 is 9.72 Å². The highest BCUT2D eigenvalue weighted by atomic mass is 16.6. The van der Waals surface area contributed by atoms with Crippen molar-refractivity contribution >= 4 is 17.4 Å².